The standard InChI is InChI=1S/C18H27NO3/c1-19(2)14-8-12-17(16(20)21)11-6-7-13-18(17,22)15-9-4-3-5-10-15/h3-5,9-10,22H,6-8,11-14H2,1-2H3,(H,20,21). The molecule has 2 N–H and O–H groups in total. The number of aliphatic carboxylic acids is 1. The molecule has 0 heterocycles. The third-order valence-electron chi connectivity index (χ3n) is 5.05. The van der Waals surface area contributed by atoms with Gasteiger partial charge >= 0.3 is 5.97 Å². The Morgan fingerprint density at radius 1 is 1.18 bits per heavy atom. The van der Waals surface area contributed by atoms with Crippen molar-refractivity contribution < 1.29 is 15.0 Å². The van der Waals surface area contributed by atoms with E-state index in [0.29, 0.717) is 19.3 Å². The van der Waals surface area contributed by atoms with Crippen molar-refractivity contribution in [3.8, 4) is 0 Å². The summed E-state index contributed by atoms with van der Waals surface area (Å²) in [5.74, 6) is -0.864. The molecule has 0 radical (unpaired) electrons. The first-order chi connectivity index (χ1) is 10.4. The van der Waals surface area contributed by atoms with E-state index in [9.17, 15) is 15.0 Å². The van der Waals surface area contributed by atoms with Crippen molar-refractivity contribution >= 4 is 5.97 Å². The Labute approximate surface area is 132 Å². The lowest BCUT2D eigenvalue weighted by Crippen LogP contribution is -2.53. The van der Waals surface area contributed by atoms with Gasteiger partial charge in [-0.3, -0.25) is 4.79 Å². The molecule has 0 amide bonds. The topological polar surface area (TPSA) is 60.8 Å². The summed E-state index contributed by atoms with van der Waals surface area (Å²) >= 11 is 0. The number of hydrogen-bond acceptors (Lipinski definition) is 3. The predicted octanol–water partition coefficient (Wildman–Crippen LogP) is 2.86. The fourth-order valence-corrected chi connectivity index (χ4v) is 3.81. The second kappa shape index (κ2) is 6.80. The number of carboxylic acids is 1. The van der Waals surface area contributed by atoms with E-state index in [-0.39, 0.29) is 0 Å². The lowest BCUT2D eigenvalue weighted by molar-refractivity contribution is -0.182. The summed E-state index contributed by atoms with van der Waals surface area (Å²) in [5, 5.41) is 21.4. The maximum atomic E-state index is 12.2. The molecule has 1 fully saturated rings. The van der Waals surface area contributed by atoms with Gasteiger partial charge in [-0.2, -0.15) is 0 Å². The fraction of sp³-hybridized carbons (Fsp3) is 0.611. The largest absolute Gasteiger partial charge is 0.481 e. The molecule has 0 spiro atoms. The summed E-state index contributed by atoms with van der Waals surface area (Å²) in [6.07, 6.45) is 4.07. The number of aliphatic hydroxyl groups is 1. The molecule has 22 heavy (non-hydrogen) atoms. The van der Waals surface area contributed by atoms with Crippen LogP contribution in [0.2, 0.25) is 0 Å². The second-order valence-electron chi connectivity index (χ2n) is 6.73. The van der Waals surface area contributed by atoms with Gasteiger partial charge in [0.2, 0.25) is 0 Å². The van der Waals surface area contributed by atoms with E-state index in [1.54, 1.807) is 0 Å². The van der Waals surface area contributed by atoms with Crippen LogP contribution in [0.5, 0.6) is 0 Å². The van der Waals surface area contributed by atoms with E-state index in [1.807, 2.05) is 44.4 Å². The molecule has 122 valence electrons. The SMILES string of the molecule is CN(C)CCCC1(C(=O)O)CCCCC1(O)c1ccccc1. The minimum atomic E-state index is -1.27. The molecule has 0 aliphatic heterocycles. The Morgan fingerprint density at radius 2 is 1.82 bits per heavy atom. The first kappa shape index (κ1) is 17.0. The first-order valence-corrected chi connectivity index (χ1v) is 8.08. The van der Waals surface area contributed by atoms with Crippen LogP contribution in [0.15, 0.2) is 30.3 Å². The van der Waals surface area contributed by atoms with Crippen molar-refractivity contribution in [2.75, 3.05) is 20.6 Å². The van der Waals surface area contributed by atoms with Gasteiger partial charge in [-0.1, -0.05) is 43.2 Å². The lowest BCUT2D eigenvalue weighted by Gasteiger charge is -2.48. The Hall–Kier alpha value is -1.39. The maximum Gasteiger partial charge on any atom is 0.312 e. The summed E-state index contributed by atoms with van der Waals surface area (Å²) in [6.45, 7) is 0.833. The van der Waals surface area contributed by atoms with E-state index >= 15 is 0 Å². The van der Waals surface area contributed by atoms with Gasteiger partial charge in [-0.15, -0.1) is 0 Å². The van der Waals surface area contributed by atoms with Crippen molar-refractivity contribution in [3.63, 3.8) is 0 Å². The molecule has 4 heteroatoms. The molecule has 0 aromatic heterocycles. The molecule has 1 aliphatic carbocycles. The zero-order valence-electron chi connectivity index (χ0n) is 13.6. The van der Waals surface area contributed by atoms with E-state index in [0.717, 1.165) is 31.4 Å². The highest BCUT2D eigenvalue weighted by molar-refractivity contribution is 5.77. The average Bonchev–Trinajstić information content (AvgIpc) is 2.49. The predicted molar refractivity (Wildman–Crippen MR) is 86.7 cm³/mol. The number of carboxylic acid groups (broad SMARTS) is 1. The van der Waals surface area contributed by atoms with Crippen LogP contribution in [0.3, 0.4) is 0 Å². The zero-order valence-corrected chi connectivity index (χ0v) is 13.6. The van der Waals surface area contributed by atoms with Crippen molar-refractivity contribution in [2.45, 2.75) is 44.1 Å². The third-order valence-corrected chi connectivity index (χ3v) is 5.05. The highest BCUT2D eigenvalue weighted by Crippen LogP contribution is 2.53. The quantitative estimate of drug-likeness (QED) is 0.848. The Bertz CT molecular complexity index is 502. The number of carbonyl (C=O) groups is 1. The van der Waals surface area contributed by atoms with E-state index in [1.165, 1.54) is 0 Å². The van der Waals surface area contributed by atoms with Crippen molar-refractivity contribution in [1.29, 1.82) is 0 Å². The average molecular weight is 305 g/mol. The van der Waals surface area contributed by atoms with Gasteiger partial charge in [0.25, 0.3) is 0 Å². The van der Waals surface area contributed by atoms with Crippen LogP contribution in [0.25, 0.3) is 0 Å². The third kappa shape index (κ3) is 3.03. The van der Waals surface area contributed by atoms with Crippen molar-refractivity contribution in [1.82, 2.24) is 4.90 Å². The normalized spacial score (nSPS) is 28.7. The molecule has 0 saturated heterocycles. The molecule has 1 aliphatic rings. The lowest BCUT2D eigenvalue weighted by atomic mass is 9.58. The van der Waals surface area contributed by atoms with Crippen LogP contribution < -0.4 is 0 Å². The van der Waals surface area contributed by atoms with E-state index in [2.05, 4.69) is 4.90 Å². The summed E-state index contributed by atoms with van der Waals surface area (Å²) < 4.78 is 0. The van der Waals surface area contributed by atoms with Gasteiger partial charge in [0.1, 0.15) is 11.0 Å². The molecule has 0 bridgehead atoms. The molecule has 1 aromatic rings. The molecular weight excluding hydrogens is 278 g/mol. The van der Waals surface area contributed by atoms with Gasteiger partial charge in [0, 0.05) is 0 Å². The van der Waals surface area contributed by atoms with E-state index < -0.39 is 17.0 Å². The van der Waals surface area contributed by atoms with Crippen LogP contribution in [0, 0.1) is 5.41 Å². The molecule has 2 atom stereocenters. The maximum absolute atomic E-state index is 12.2. The number of hydrogen-bond donors (Lipinski definition) is 2. The first-order valence-electron chi connectivity index (χ1n) is 8.08. The van der Waals surface area contributed by atoms with Crippen LogP contribution >= 0.6 is 0 Å². The monoisotopic (exact) mass is 305 g/mol. The van der Waals surface area contributed by atoms with Gasteiger partial charge in [-0.25, -0.2) is 0 Å². The van der Waals surface area contributed by atoms with E-state index in [4.69, 9.17) is 0 Å². The Balaban J connectivity index is 2.36. The molecular formula is C18H27NO3. The molecule has 1 saturated carbocycles. The van der Waals surface area contributed by atoms with Crippen LogP contribution in [-0.4, -0.2) is 41.7 Å². The number of rotatable bonds is 6. The minimum absolute atomic E-state index is 0.506. The van der Waals surface area contributed by atoms with Crippen LogP contribution in [-0.2, 0) is 10.4 Å². The summed E-state index contributed by atoms with van der Waals surface area (Å²) in [6, 6.07) is 9.34. The number of nitrogens with zero attached hydrogens (tertiary/aromatic N) is 1. The van der Waals surface area contributed by atoms with Gasteiger partial charge < -0.3 is 15.1 Å². The summed E-state index contributed by atoms with van der Waals surface area (Å²) in [5.41, 5.74) is -1.62. The molecule has 2 rings (SSSR count). The van der Waals surface area contributed by atoms with Crippen molar-refractivity contribution in [2.24, 2.45) is 5.41 Å². The zero-order chi connectivity index (χ0) is 16.2. The van der Waals surface area contributed by atoms with Gasteiger partial charge in [0.15, 0.2) is 0 Å². The highest BCUT2D eigenvalue weighted by Gasteiger charge is 2.57. The smallest absolute Gasteiger partial charge is 0.312 e. The fourth-order valence-electron chi connectivity index (χ4n) is 3.81. The van der Waals surface area contributed by atoms with Crippen LogP contribution in [0.1, 0.15) is 44.1 Å². The van der Waals surface area contributed by atoms with Gasteiger partial charge in [-0.05, 0) is 51.9 Å². The van der Waals surface area contributed by atoms with Gasteiger partial charge in [0.05, 0.1) is 0 Å². The number of benzene rings is 1. The minimum Gasteiger partial charge on any atom is -0.481 e. The van der Waals surface area contributed by atoms with Crippen molar-refractivity contribution in [3.05, 3.63) is 35.9 Å². The highest BCUT2D eigenvalue weighted by atomic mass is 16.4. The summed E-state index contributed by atoms with van der Waals surface area (Å²) in [4.78, 5) is 14.2. The summed E-state index contributed by atoms with van der Waals surface area (Å²) in [7, 11) is 3.97. The molecule has 1 aromatic carbocycles. The molecule has 4 nitrogen and oxygen atoms in total. The molecule has 2 unspecified atom stereocenters. The Kier molecular flexibility index (Phi) is 5.24. The Morgan fingerprint density at radius 3 is 2.41 bits per heavy atom. The van der Waals surface area contributed by atoms with Crippen LogP contribution in [0.4, 0.5) is 0 Å². The second-order valence-corrected chi connectivity index (χ2v) is 6.73.